The second-order valence-corrected chi connectivity index (χ2v) is 3.34. The van der Waals surface area contributed by atoms with Gasteiger partial charge in [0, 0.05) is 0 Å². The van der Waals surface area contributed by atoms with Gasteiger partial charge in [0.1, 0.15) is 5.82 Å². The van der Waals surface area contributed by atoms with Crippen molar-refractivity contribution < 1.29 is 22.7 Å². The van der Waals surface area contributed by atoms with E-state index in [0.717, 1.165) is 12.1 Å². The fourth-order valence-corrected chi connectivity index (χ4v) is 1.64. The Morgan fingerprint density at radius 2 is 1.86 bits per heavy atom. The number of aliphatic hydroxyl groups excluding tert-OH is 1. The molecule has 0 spiro atoms. The SMILES string of the molecule is OCc1ccc(F)c(Br)c1C(F)(F)F. The van der Waals surface area contributed by atoms with Crippen LogP contribution in [0.15, 0.2) is 16.6 Å². The van der Waals surface area contributed by atoms with Crippen LogP contribution in [0.1, 0.15) is 11.1 Å². The zero-order valence-electron chi connectivity index (χ0n) is 6.70. The minimum absolute atomic E-state index is 0.356. The van der Waals surface area contributed by atoms with Gasteiger partial charge in [-0.15, -0.1) is 0 Å². The number of hydrogen-bond acceptors (Lipinski definition) is 1. The van der Waals surface area contributed by atoms with Crippen LogP contribution in [0.5, 0.6) is 0 Å². The first kappa shape index (κ1) is 11.5. The third-order valence-corrected chi connectivity index (χ3v) is 2.41. The molecule has 0 unspecified atom stereocenters. The molecule has 0 aliphatic rings. The van der Waals surface area contributed by atoms with Crippen LogP contribution in [0.2, 0.25) is 0 Å². The normalized spacial score (nSPS) is 11.9. The van der Waals surface area contributed by atoms with Gasteiger partial charge in [0.05, 0.1) is 16.6 Å². The summed E-state index contributed by atoms with van der Waals surface area (Å²) in [4.78, 5) is 0. The number of rotatable bonds is 1. The first-order valence-corrected chi connectivity index (χ1v) is 4.32. The maximum absolute atomic E-state index is 12.8. The molecule has 1 aromatic carbocycles. The van der Waals surface area contributed by atoms with E-state index in [1.807, 2.05) is 0 Å². The quantitative estimate of drug-likeness (QED) is 0.779. The lowest BCUT2D eigenvalue weighted by atomic mass is 10.1. The van der Waals surface area contributed by atoms with Crippen molar-refractivity contribution in [3.05, 3.63) is 33.5 Å². The number of halogens is 5. The molecule has 6 heteroatoms. The van der Waals surface area contributed by atoms with E-state index in [2.05, 4.69) is 15.9 Å². The molecule has 0 bridgehead atoms. The average Bonchev–Trinajstić information content (AvgIpc) is 2.07. The Morgan fingerprint density at radius 3 is 2.29 bits per heavy atom. The van der Waals surface area contributed by atoms with E-state index in [0.29, 0.717) is 0 Å². The summed E-state index contributed by atoms with van der Waals surface area (Å²) in [6.07, 6.45) is -4.68. The molecule has 14 heavy (non-hydrogen) atoms. The van der Waals surface area contributed by atoms with Crippen molar-refractivity contribution in [3.63, 3.8) is 0 Å². The van der Waals surface area contributed by atoms with Crippen LogP contribution < -0.4 is 0 Å². The van der Waals surface area contributed by atoms with Crippen molar-refractivity contribution >= 4 is 15.9 Å². The monoisotopic (exact) mass is 272 g/mol. The van der Waals surface area contributed by atoms with Crippen molar-refractivity contribution in [2.75, 3.05) is 0 Å². The molecule has 0 saturated heterocycles. The minimum Gasteiger partial charge on any atom is -0.392 e. The number of benzene rings is 1. The maximum Gasteiger partial charge on any atom is 0.417 e. The molecule has 1 N–H and O–H groups in total. The molecule has 1 rings (SSSR count). The molecule has 0 atom stereocenters. The Hall–Kier alpha value is -0.620. The van der Waals surface area contributed by atoms with E-state index >= 15 is 0 Å². The summed E-state index contributed by atoms with van der Waals surface area (Å²) in [5, 5.41) is 8.65. The zero-order valence-corrected chi connectivity index (χ0v) is 8.28. The lowest BCUT2D eigenvalue weighted by Gasteiger charge is -2.13. The van der Waals surface area contributed by atoms with Gasteiger partial charge in [-0.1, -0.05) is 6.07 Å². The summed E-state index contributed by atoms with van der Waals surface area (Å²) in [6, 6.07) is 1.77. The molecular formula is C8H5BrF4O. The first-order chi connectivity index (χ1) is 6.38. The van der Waals surface area contributed by atoms with Gasteiger partial charge in [-0.2, -0.15) is 13.2 Å². The molecule has 0 saturated carbocycles. The van der Waals surface area contributed by atoms with E-state index in [9.17, 15) is 17.6 Å². The van der Waals surface area contributed by atoms with Gasteiger partial charge in [-0.05, 0) is 27.6 Å². The number of alkyl halides is 3. The third-order valence-electron chi connectivity index (χ3n) is 1.63. The highest BCUT2D eigenvalue weighted by Crippen LogP contribution is 2.38. The van der Waals surface area contributed by atoms with Gasteiger partial charge in [0.2, 0.25) is 0 Å². The van der Waals surface area contributed by atoms with E-state index in [1.165, 1.54) is 0 Å². The molecule has 1 aromatic rings. The molecule has 1 nitrogen and oxygen atoms in total. The predicted molar refractivity (Wildman–Crippen MR) is 45.0 cm³/mol. The highest BCUT2D eigenvalue weighted by Gasteiger charge is 2.36. The zero-order chi connectivity index (χ0) is 10.9. The molecule has 0 aliphatic carbocycles. The van der Waals surface area contributed by atoms with Crippen LogP contribution in [-0.2, 0) is 12.8 Å². The van der Waals surface area contributed by atoms with Crippen molar-refractivity contribution in [1.29, 1.82) is 0 Å². The summed E-state index contributed by atoms with van der Waals surface area (Å²) >= 11 is 2.50. The minimum atomic E-state index is -4.68. The van der Waals surface area contributed by atoms with E-state index in [-0.39, 0.29) is 5.56 Å². The van der Waals surface area contributed by atoms with Crippen LogP contribution >= 0.6 is 15.9 Å². The summed E-state index contributed by atoms with van der Waals surface area (Å²) in [6.45, 7) is -0.784. The Morgan fingerprint density at radius 1 is 1.29 bits per heavy atom. The van der Waals surface area contributed by atoms with Crippen molar-refractivity contribution in [2.24, 2.45) is 0 Å². The maximum atomic E-state index is 12.8. The molecule has 78 valence electrons. The average molecular weight is 273 g/mol. The van der Waals surface area contributed by atoms with Crippen LogP contribution in [-0.4, -0.2) is 5.11 Å². The van der Waals surface area contributed by atoms with E-state index in [4.69, 9.17) is 5.11 Å². The summed E-state index contributed by atoms with van der Waals surface area (Å²) in [7, 11) is 0. The van der Waals surface area contributed by atoms with Gasteiger partial charge >= 0.3 is 6.18 Å². The summed E-state index contributed by atoms with van der Waals surface area (Å²) in [5.74, 6) is -1.01. The fraction of sp³-hybridized carbons (Fsp3) is 0.250. The number of hydrogen-bond donors (Lipinski definition) is 1. The lowest BCUT2D eigenvalue weighted by molar-refractivity contribution is -0.139. The molecule has 0 aliphatic heterocycles. The molecular weight excluding hydrogens is 268 g/mol. The Balaban J connectivity index is 3.44. The van der Waals surface area contributed by atoms with Gasteiger partial charge < -0.3 is 5.11 Å². The first-order valence-electron chi connectivity index (χ1n) is 3.53. The third kappa shape index (κ3) is 2.06. The topological polar surface area (TPSA) is 20.2 Å². The van der Waals surface area contributed by atoms with Gasteiger partial charge in [-0.3, -0.25) is 0 Å². The Labute approximate surface area is 85.5 Å². The molecule has 0 fully saturated rings. The van der Waals surface area contributed by atoms with Gasteiger partial charge in [0.25, 0.3) is 0 Å². The second-order valence-electron chi connectivity index (χ2n) is 2.55. The summed E-state index contributed by atoms with van der Waals surface area (Å²) < 4.78 is 49.2. The molecule has 0 radical (unpaired) electrons. The van der Waals surface area contributed by atoms with E-state index in [1.54, 1.807) is 0 Å². The standard InChI is InChI=1S/C8H5BrF4O/c9-7-5(10)2-1-4(3-14)6(7)8(11,12)13/h1-2,14H,3H2. The van der Waals surface area contributed by atoms with Crippen LogP contribution in [0.25, 0.3) is 0 Å². The summed E-state index contributed by atoms with van der Waals surface area (Å²) in [5.41, 5.74) is -1.52. The van der Waals surface area contributed by atoms with Crippen LogP contribution in [0.4, 0.5) is 17.6 Å². The predicted octanol–water partition coefficient (Wildman–Crippen LogP) is 3.10. The fourth-order valence-electron chi connectivity index (χ4n) is 1.03. The van der Waals surface area contributed by atoms with Crippen LogP contribution in [0.3, 0.4) is 0 Å². The smallest absolute Gasteiger partial charge is 0.392 e. The molecule has 0 amide bonds. The van der Waals surface area contributed by atoms with Crippen molar-refractivity contribution in [3.8, 4) is 0 Å². The Bertz CT molecular complexity index is 348. The lowest BCUT2D eigenvalue weighted by Crippen LogP contribution is -2.11. The Kier molecular flexibility index (Phi) is 3.16. The van der Waals surface area contributed by atoms with Crippen LogP contribution in [0, 0.1) is 5.82 Å². The van der Waals surface area contributed by atoms with Gasteiger partial charge in [-0.25, -0.2) is 4.39 Å². The largest absolute Gasteiger partial charge is 0.417 e. The second kappa shape index (κ2) is 3.86. The van der Waals surface area contributed by atoms with Crippen molar-refractivity contribution in [2.45, 2.75) is 12.8 Å². The highest BCUT2D eigenvalue weighted by molar-refractivity contribution is 9.10. The molecule has 0 heterocycles. The van der Waals surface area contributed by atoms with Crippen molar-refractivity contribution in [1.82, 2.24) is 0 Å². The number of aliphatic hydroxyl groups is 1. The van der Waals surface area contributed by atoms with E-state index < -0.39 is 28.6 Å². The molecule has 0 aromatic heterocycles. The highest BCUT2D eigenvalue weighted by atomic mass is 79.9. The van der Waals surface area contributed by atoms with Gasteiger partial charge in [0.15, 0.2) is 0 Å².